The fraction of sp³-hybridized carbons (Fsp3) is 0.267. The monoisotopic (exact) mass is 517 g/mol. The van der Waals surface area contributed by atoms with Crippen molar-refractivity contribution in [3.05, 3.63) is 88.5 Å². The number of ketones is 1. The molecule has 1 N–H and O–H groups in total. The van der Waals surface area contributed by atoms with Crippen LogP contribution in [0.3, 0.4) is 0 Å². The summed E-state index contributed by atoms with van der Waals surface area (Å²) < 4.78 is 21.5. The third-order valence-corrected chi connectivity index (χ3v) is 6.65. The Morgan fingerprint density at radius 3 is 2.21 bits per heavy atom. The number of amides is 1. The molecule has 3 aromatic carbocycles. The molecule has 3 aromatic rings. The van der Waals surface area contributed by atoms with E-state index in [0.29, 0.717) is 29.4 Å². The molecule has 0 radical (unpaired) electrons. The molecular formula is C30H31NO7. The molecule has 0 bridgehead atoms. The average molecular weight is 518 g/mol. The number of aryl methyl sites for hydroxylation is 1. The molecule has 1 atom stereocenters. The van der Waals surface area contributed by atoms with Gasteiger partial charge in [-0.05, 0) is 54.8 Å². The summed E-state index contributed by atoms with van der Waals surface area (Å²) in [6, 6.07) is 17.2. The van der Waals surface area contributed by atoms with Gasteiger partial charge in [0.25, 0.3) is 11.7 Å². The largest absolute Gasteiger partial charge is 0.507 e. The lowest BCUT2D eigenvalue weighted by Crippen LogP contribution is -2.31. The second-order valence-electron chi connectivity index (χ2n) is 8.91. The first-order valence-electron chi connectivity index (χ1n) is 12.1. The van der Waals surface area contributed by atoms with Gasteiger partial charge >= 0.3 is 0 Å². The zero-order valence-corrected chi connectivity index (χ0v) is 22.1. The number of aliphatic hydroxyl groups is 1. The Kier molecular flexibility index (Phi) is 7.90. The van der Waals surface area contributed by atoms with Crippen molar-refractivity contribution in [2.45, 2.75) is 19.4 Å². The zero-order valence-electron chi connectivity index (χ0n) is 22.1. The zero-order chi connectivity index (χ0) is 27.4. The van der Waals surface area contributed by atoms with Crippen LogP contribution in [-0.2, 0) is 16.0 Å². The van der Waals surface area contributed by atoms with E-state index in [1.165, 1.54) is 19.1 Å². The number of likely N-dealkylation sites (tertiary alicyclic amines) is 1. The average Bonchev–Trinajstić information content (AvgIpc) is 3.20. The number of nitrogens with zero attached hydrogens (tertiary/aromatic N) is 1. The number of carbonyl (C=O) groups is 2. The Balaban J connectivity index is 1.80. The minimum absolute atomic E-state index is 0.000496. The van der Waals surface area contributed by atoms with Crippen molar-refractivity contribution >= 4 is 17.4 Å². The Bertz CT molecular complexity index is 1400. The standard InChI is InChI=1S/C30H31NO7/c1-18-7-6-8-20(15-18)27-26(28(32)22-17-21(35-2)10-12-23(22)36-3)29(33)30(34)31(27)14-13-19-9-11-24(37-4)25(16-19)38-5/h6-12,15-17,27,32H,13-14H2,1-5H3/b28-26+. The van der Waals surface area contributed by atoms with Crippen LogP contribution in [0, 0.1) is 6.92 Å². The summed E-state index contributed by atoms with van der Waals surface area (Å²) in [6.45, 7) is 2.18. The van der Waals surface area contributed by atoms with Gasteiger partial charge in [0.15, 0.2) is 11.5 Å². The number of hydrogen-bond acceptors (Lipinski definition) is 7. The molecule has 1 amide bonds. The number of hydrogen-bond donors (Lipinski definition) is 1. The smallest absolute Gasteiger partial charge is 0.295 e. The summed E-state index contributed by atoms with van der Waals surface area (Å²) in [5, 5.41) is 11.5. The summed E-state index contributed by atoms with van der Waals surface area (Å²) in [5.41, 5.74) is 2.86. The maximum Gasteiger partial charge on any atom is 0.295 e. The first-order valence-corrected chi connectivity index (χ1v) is 12.1. The fourth-order valence-corrected chi connectivity index (χ4v) is 4.73. The SMILES string of the molecule is COc1ccc(OC)c(/C(O)=C2\C(=O)C(=O)N(CCc3ccc(OC)c(OC)c3)C2c2cccc(C)c2)c1. The molecule has 1 aliphatic heterocycles. The molecule has 8 nitrogen and oxygen atoms in total. The normalized spacial score (nSPS) is 16.4. The summed E-state index contributed by atoms with van der Waals surface area (Å²) in [6.07, 6.45) is 0.457. The third-order valence-electron chi connectivity index (χ3n) is 6.65. The summed E-state index contributed by atoms with van der Waals surface area (Å²) >= 11 is 0. The van der Waals surface area contributed by atoms with Crippen molar-refractivity contribution in [3.8, 4) is 23.0 Å². The van der Waals surface area contributed by atoms with Gasteiger partial charge in [0, 0.05) is 6.54 Å². The number of aliphatic hydroxyl groups excluding tert-OH is 1. The lowest BCUT2D eigenvalue weighted by molar-refractivity contribution is -0.139. The molecule has 0 aromatic heterocycles. The second-order valence-corrected chi connectivity index (χ2v) is 8.91. The van der Waals surface area contributed by atoms with Crippen molar-refractivity contribution in [1.29, 1.82) is 0 Å². The van der Waals surface area contributed by atoms with Gasteiger partial charge in [0.05, 0.1) is 45.6 Å². The molecule has 1 saturated heterocycles. The molecule has 0 aliphatic carbocycles. The highest BCUT2D eigenvalue weighted by Crippen LogP contribution is 2.42. The minimum atomic E-state index is -0.786. The first kappa shape index (κ1) is 26.6. The maximum absolute atomic E-state index is 13.4. The van der Waals surface area contributed by atoms with Gasteiger partial charge < -0.3 is 29.0 Å². The lowest BCUT2D eigenvalue weighted by Gasteiger charge is -2.26. The van der Waals surface area contributed by atoms with Crippen molar-refractivity contribution in [1.82, 2.24) is 4.90 Å². The number of ether oxygens (including phenoxy) is 4. The van der Waals surface area contributed by atoms with Crippen LogP contribution < -0.4 is 18.9 Å². The van der Waals surface area contributed by atoms with E-state index in [-0.39, 0.29) is 23.4 Å². The second kappa shape index (κ2) is 11.3. The maximum atomic E-state index is 13.4. The molecule has 1 aliphatic rings. The van der Waals surface area contributed by atoms with Gasteiger partial charge in [-0.15, -0.1) is 0 Å². The number of methoxy groups -OCH3 is 4. The highest BCUT2D eigenvalue weighted by atomic mass is 16.5. The number of benzene rings is 3. The molecule has 38 heavy (non-hydrogen) atoms. The number of rotatable bonds is 9. The molecular weight excluding hydrogens is 486 g/mol. The molecule has 1 heterocycles. The van der Waals surface area contributed by atoms with E-state index >= 15 is 0 Å². The Morgan fingerprint density at radius 2 is 1.55 bits per heavy atom. The van der Waals surface area contributed by atoms with Crippen LogP contribution in [0.2, 0.25) is 0 Å². The van der Waals surface area contributed by atoms with Gasteiger partial charge in [0.1, 0.15) is 17.3 Å². The van der Waals surface area contributed by atoms with Crippen LogP contribution in [0.5, 0.6) is 23.0 Å². The van der Waals surface area contributed by atoms with Crippen molar-refractivity contribution in [2.24, 2.45) is 0 Å². The van der Waals surface area contributed by atoms with E-state index in [2.05, 4.69) is 0 Å². The minimum Gasteiger partial charge on any atom is -0.507 e. The van der Waals surface area contributed by atoms with Crippen LogP contribution >= 0.6 is 0 Å². The molecule has 0 spiro atoms. The predicted molar refractivity (Wildman–Crippen MR) is 143 cm³/mol. The van der Waals surface area contributed by atoms with Crippen molar-refractivity contribution in [2.75, 3.05) is 35.0 Å². The van der Waals surface area contributed by atoms with E-state index in [1.54, 1.807) is 38.5 Å². The molecule has 198 valence electrons. The third kappa shape index (κ3) is 5.02. The molecule has 1 fully saturated rings. The number of carbonyl (C=O) groups excluding carboxylic acids is 2. The van der Waals surface area contributed by atoms with E-state index in [9.17, 15) is 14.7 Å². The summed E-state index contributed by atoms with van der Waals surface area (Å²) in [5.74, 6) is 0.242. The quantitative estimate of drug-likeness (QED) is 0.250. The molecule has 0 saturated carbocycles. The Labute approximate surface area is 222 Å². The van der Waals surface area contributed by atoms with Crippen LogP contribution in [0.4, 0.5) is 0 Å². The van der Waals surface area contributed by atoms with E-state index < -0.39 is 17.7 Å². The van der Waals surface area contributed by atoms with Gasteiger partial charge in [0.2, 0.25) is 0 Å². The van der Waals surface area contributed by atoms with Crippen LogP contribution in [0.25, 0.3) is 5.76 Å². The van der Waals surface area contributed by atoms with Gasteiger partial charge in [-0.3, -0.25) is 9.59 Å². The van der Waals surface area contributed by atoms with Crippen molar-refractivity contribution < 1.29 is 33.6 Å². The Morgan fingerprint density at radius 1 is 0.842 bits per heavy atom. The van der Waals surface area contributed by atoms with Crippen LogP contribution in [-0.4, -0.2) is 56.7 Å². The summed E-state index contributed by atoms with van der Waals surface area (Å²) in [4.78, 5) is 28.3. The van der Waals surface area contributed by atoms with E-state index in [1.807, 2.05) is 43.3 Å². The topological polar surface area (TPSA) is 94.5 Å². The van der Waals surface area contributed by atoms with E-state index in [0.717, 1.165) is 16.7 Å². The number of Topliss-reactive ketones (excluding diaryl/α,β-unsaturated/α-hetero) is 1. The fourth-order valence-electron chi connectivity index (χ4n) is 4.73. The molecule has 8 heteroatoms. The summed E-state index contributed by atoms with van der Waals surface area (Å²) in [7, 11) is 6.10. The van der Waals surface area contributed by atoms with Crippen molar-refractivity contribution in [3.63, 3.8) is 0 Å². The molecule has 4 rings (SSSR count). The first-order chi connectivity index (χ1) is 18.3. The predicted octanol–water partition coefficient (Wildman–Crippen LogP) is 4.69. The highest BCUT2D eigenvalue weighted by molar-refractivity contribution is 6.46. The van der Waals surface area contributed by atoms with Crippen LogP contribution in [0.1, 0.15) is 28.3 Å². The highest BCUT2D eigenvalue weighted by Gasteiger charge is 2.46. The Hall–Kier alpha value is -4.46. The van der Waals surface area contributed by atoms with Gasteiger partial charge in [-0.25, -0.2) is 0 Å². The lowest BCUT2D eigenvalue weighted by atomic mass is 9.94. The molecule has 1 unspecified atom stereocenters. The van der Waals surface area contributed by atoms with E-state index in [4.69, 9.17) is 18.9 Å². The van der Waals surface area contributed by atoms with Crippen LogP contribution in [0.15, 0.2) is 66.2 Å². The van der Waals surface area contributed by atoms with Gasteiger partial charge in [-0.1, -0.05) is 35.9 Å². The van der Waals surface area contributed by atoms with Gasteiger partial charge in [-0.2, -0.15) is 0 Å².